The molecule has 0 heterocycles. The SMILES string of the molecule is CCCCCN(C)C(=O)CCC(C)=O. The Hall–Kier alpha value is -0.860. The van der Waals surface area contributed by atoms with Crippen LogP contribution in [0.15, 0.2) is 0 Å². The average molecular weight is 199 g/mol. The van der Waals surface area contributed by atoms with E-state index in [1.54, 1.807) is 11.9 Å². The second-order valence-electron chi connectivity index (χ2n) is 3.72. The predicted molar refractivity (Wildman–Crippen MR) is 57.1 cm³/mol. The number of rotatable bonds is 7. The number of amides is 1. The van der Waals surface area contributed by atoms with E-state index in [-0.39, 0.29) is 11.7 Å². The van der Waals surface area contributed by atoms with Crippen molar-refractivity contribution in [1.82, 2.24) is 4.90 Å². The molecule has 0 saturated heterocycles. The highest BCUT2D eigenvalue weighted by molar-refractivity contribution is 5.83. The van der Waals surface area contributed by atoms with Gasteiger partial charge in [-0.3, -0.25) is 4.79 Å². The molecule has 0 radical (unpaired) electrons. The summed E-state index contributed by atoms with van der Waals surface area (Å²) in [6.07, 6.45) is 4.10. The fourth-order valence-electron chi connectivity index (χ4n) is 1.20. The lowest BCUT2D eigenvalue weighted by molar-refractivity contribution is -0.131. The third-order valence-electron chi connectivity index (χ3n) is 2.21. The van der Waals surface area contributed by atoms with Crippen LogP contribution in [0.5, 0.6) is 0 Å². The van der Waals surface area contributed by atoms with E-state index in [9.17, 15) is 9.59 Å². The van der Waals surface area contributed by atoms with Crippen LogP contribution in [0, 0.1) is 0 Å². The van der Waals surface area contributed by atoms with Gasteiger partial charge in [0.15, 0.2) is 0 Å². The number of nitrogens with zero attached hydrogens (tertiary/aromatic N) is 1. The van der Waals surface area contributed by atoms with Crippen LogP contribution in [0.4, 0.5) is 0 Å². The number of hydrogen-bond acceptors (Lipinski definition) is 2. The number of Topliss-reactive ketones (excluding diaryl/α,β-unsaturated/α-hetero) is 1. The van der Waals surface area contributed by atoms with E-state index in [0.717, 1.165) is 25.8 Å². The van der Waals surface area contributed by atoms with Gasteiger partial charge >= 0.3 is 0 Å². The molecule has 0 fully saturated rings. The monoisotopic (exact) mass is 199 g/mol. The zero-order valence-corrected chi connectivity index (χ0v) is 9.51. The second kappa shape index (κ2) is 7.54. The Balaban J connectivity index is 3.59. The third-order valence-corrected chi connectivity index (χ3v) is 2.21. The Kier molecular flexibility index (Phi) is 7.07. The van der Waals surface area contributed by atoms with Crippen LogP contribution in [0.2, 0.25) is 0 Å². The van der Waals surface area contributed by atoms with E-state index in [1.165, 1.54) is 6.92 Å². The van der Waals surface area contributed by atoms with Crippen LogP contribution in [0.25, 0.3) is 0 Å². The summed E-state index contributed by atoms with van der Waals surface area (Å²) in [5, 5.41) is 0. The molecule has 0 bridgehead atoms. The van der Waals surface area contributed by atoms with Gasteiger partial charge in [-0.15, -0.1) is 0 Å². The van der Waals surface area contributed by atoms with Gasteiger partial charge in [-0.1, -0.05) is 19.8 Å². The van der Waals surface area contributed by atoms with Crippen LogP contribution in [0.3, 0.4) is 0 Å². The summed E-state index contributed by atoms with van der Waals surface area (Å²) in [6, 6.07) is 0. The fourth-order valence-corrected chi connectivity index (χ4v) is 1.20. The molecule has 0 unspecified atom stereocenters. The van der Waals surface area contributed by atoms with Crippen molar-refractivity contribution in [1.29, 1.82) is 0 Å². The molecule has 0 N–H and O–H groups in total. The van der Waals surface area contributed by atoms with Crippen molar-refractivity contribution in [2.45, 2.75) is 46.0 Å². The minimum atomic E-state index is 0.0799. The number of carbonyl (C=O) groups is 2. The highest BCUT2D eigenvalue weighted by atomic mass is 16.2. The number of unbranched alkanes of at least 4 members (excludes halogenated alkanes) is 2. The molecule has 0 spiro atoms. The maximum atomic E-state index is 11.4. The van der Waals surface area contributed by atoms with Crippen molar-refractivity contribution in [2.75, 3.05) is 13.6 Å². The molecule has 3 heteroatoms. The zero-order valence-electron chi connectivity index (χ0n) is 9.51. The first-order valence-corrected chi connectivity index (χ1v) is 5.31. The van der Waals surface area contributed by atoms with E-state index in [4.69, 9.17) is 0 Å². The van der Waals surface area contributed by atoms with Crippen molar-refractivity contribution in [3.8, 4) is 0 Å². The molecule has 14 heavy (non-hydrogen) atoms. The Bertz CT molecular complexity index is 190. The normalized spacial score (nSPS) is 9.93. The molecule has 0 aromatic carbocycles. The van der Waals surface area contributed by atoms with E-state index in [2.05, 4.69) is 6.92 Å². The van der Waals surface area contributed by atoms with Gasteiger partial charge in [-0.25, -0.2) is 0 Å². The van der Waals surface area contributed by atoms with Gasteiger partial charge in [0, 0.05) is 26.4 Å². The van der Waals surface area contributed by atoms with Crippen molar-refractivity contribution in [3.63, 3.8) is 0 Å². The summed E-state index contributed by atoms with van der Waals surface area (Å²) < 4.78 is 0. The van der Waals surface area contributed by atoms with Gasteiger partial charge in [-0.2, -0.15) is 0 Å². The van der Waals surface area contributed by atoms with Crippen LogP contribution < -0.4 is 0 Å². The Labute approximate surface area is 86.5 Å². The Morgan fingerprint density at radius 3 is 2.29 bits per heavy atom. The van der Waals surface area contributed by atoms with Crippen molar-refractivity contribution in [3.05, 3.63) is 0 Å². The van der Waals surface area contributed by atoms with Gasteiger partial charge in [0.25, 0.3) is 0 Å². The number of carbonyl (C=O) groups excluding carboxylic acids is 2. The maximum Gasteiger partial charge on any atom is 0.222 e. The van der Waals surface area contributed by atoms with E-state index in [0.29, 0.717) is 12.8 Å². The highest BCUT2D eigenvalue weighted by Crippen LogP contribution is 2.00. The van der Waals surface area contributed by atoms with Crippen LogP contribution in [-0.4, -0.2) is 30.2 Å². The minimum Gasteiger partial charge on any atom is -0.346 e. The average Bonchev–Trinajstić information content (AvgIpc) is 2.14. The highest BCUT2D eigenvalue weighted by Gasteiger charge is 2.08. The van der Waals surface area contributed by atoms with Crippen molar-refractivity contribution >= 4 is 11.7 Å². The molecule has 0 aromatic rings. The fraction of sp³-hybridized carbons (Fsp3) is 0.818. The summed E-state index contributed by atoms with van der Waals surface area (Å²) in [5.41, 5.74) is 0. The quantitative estimate of drug-likeness (QED) is 0.588. The van der Waals surface area contributed by atoms with Gasteiger partial charge < -0.3 is 9.69 Å². The smallest absolute Gasteiger partial charge is 0.222 e. The van der Waals surface area contributed by atoms with E-state index < -0.39 is 0 Å². The molecule has 0 aromatic heterocycles. The minimum absolute atomic E-state index is 0.0799. The number of hydrogen-bond donors (Lipinski definition) is 0. The molecule has 1 amide bonds. The van der Waals surface area contributed by atoms with Gasteiger partial charge in [0.1, 0.15) is 5.78 Å². The Morgan fingerprint density at radius 2 is 1.79 bits per heavy atom. The molecule has 3 nitrogen and oxygen atoms in total. The molecule has 0 atom stereocenters. The Morgan fingerprint density at radius 1 is 1.14 bits per heavy atom. The first kappa shape index (κ1) is 13.1. The summed E-state index contributed by atoms with van der Waals surface area (Å²) in [4.78, 5) is 23.8. The van der Waals surface area contributed by atoms with Crippen LogP contribution >= 0.6 is 0 Å². The van der Waals surface area contributed by atoms with Gasteiger partial charge in [0.2, 0.25) is 5.91 Å². The van der Waals surface area contributed by atoms with Crippen molar-refractivity contribution < 1.29 is 9.59 Å². The molecule has 82 valence electrons. The lowest BCUT2D eigenvalue weighted by atomic mass is 10.2. The van der Waals surface area contributed by atoms with Gasteiger partial charge in [-0.05, 0) is 13.3 Å². The topological polar surface area (TPSA) is 37.4 Å². The van der Waals surface area contributed by atoms with E-state index >= 15 is 0 Å². The predicted octanol–water partition coefficient (Wildman–Crippen LogP) is 2.00. The van der Waals surface area contributed by atoms with Gasteiger partial charge in [0.05, 0.1) is 0 Å². The lowest BCUT2D eigenvalue weighted by Crippen LogP contribution is -2.27. The molecule has 0 rings (SSSR count). The third kappa shape index (κ3) is 6.63. The first-order chi connectivity index (χ1) is 6.57. The summed E-state index contributed by atoms with van der Waals surface area (Å²) >= 11 is 0. The molecule has 0 saturated carbocycles. The summed E-state index contributed by atoms with van der Waals surface area (Å²) in [5.74, 6) is 0.164. The lowest BCUT2D eigenvalue weighted by Gasteiger charge is -2.16. The van der Waals surface area contributed by atoms with E-state index in [1.807, 2.05) is 0 Å². The van der Waals surface area contributed by atoms with Crippen molar-refractivity contribution in [2.24, 2.45) is 0 Å². The molecule has 0 aliphatic carbocycles. The number of ketones is 1. The molecular weight excluding hydrogens is 178 g/mol. The zero-order chi connectivity index (χ0) is 11.0. The molecule has 0 aliphatic rings. The second-order valence-corrected chi connectivity index (χ2v) is 3.72. The largest absolute Gasteiger partial charge is 0.346 e. The molecular formula is C11H21NO2. The van der Waals surface area contributed by atoms with Crippen LogP contribution in [-0.2, 0) is 9.59 Å². The van der Waals surface area contributed by atoms with Crippen LogP contribution in [0.1, 0.15) is 46.0 Å². The summed E-state index contributed by atoms with van der Waals surface area (Å²) in [6.45, 7) is 4.46. The summed E-state index contributed by atoms with van der Waals surface area (Å²) in [7, 11) is 1.80. The molecule has 0 aliphatic heterocycles. The maximum absolute atomic E-state index is 11.4. The first-order valence-electron chi connectivity index (χ1n) is 5.31. The standard InChI is InChI=1S/C11H21NO2/c1-4-5-6-9-12(3)11(14)8-7-10(2)13/h4-9H2,1-3H3.